The molecule has 0 aliphatic carbocycles. The van der Waals surface area contributed by atoms with Crippen molar-refractivity contribution in [3.8, 4) is 17.1 Å². The summed E-state index contributed by atoms with van der Waals surface area (Å²) in [5, 5.41) is 24.2. The Balaban J connectivity index is 1.79. The highest BCUT2D eigenvalue weighted by molar-refractivity contribution is 5.92. The van der Waals surface area contributed by atoms with Gasteiger partial charge in [0.15, 0.2) is 5.82 Å². The molecule has 4 rings (SSSR count). The van der Waals surface area contributed by atoms with Gasteiger partial charge in [0.05, 0.1) is 11.1 Å². The van der Waals surface area contributed by atoms with Gasteiger partial charge in [0.25, 0.3) is 0 Å². The van der Waals surface area contributed by atoms with E-state index in [1.54, 1.807) is 0 Å². The minimum Gasteiger partial charge on any atom is -0.530 e. The molecule has 2 heterocycles. The van der Waals surface area contributed by atoms with Crippen LogP contribution in [0.3, 0.4) is 0 Å². The monoisotopic (exact) mass is 409 g/mol. The first-order valence-electron chi connectivity index (χ1n) is 9.88. The van der Waals surface area contributed by atoms with Crippen molar-refractivity contribution in [3.63, 3.8) is 0 Å². The van der Waals surface area contributed by atoms with Gasteiger partial charge in [-0.3, -0.25) is 0 Å². The van der Waals surface area contributed by atoms with Crippen molar-refractivity contribution in [2.45, 2.75) is 19.8 Å². The Hall–Kier alpha value is -3.42. The zero-order chi connectivity index (χ0) is 21.3. The molecule has 1 amide bonds. The predicted octanol–water partition coefficient (Wildman–Crippen LogP) is 2.60. The highest BCUT2D eigenvalue weighted by Crippen LogP contribution is 2.34. The summed E-state index contributed by atoms with van der Waals surface area (Å²) in [6, 6.07) is 9.91. The van der Waals surface area contributed by atoms with Crippen molar-refractivity contribution in [1.29, 1.82) is 0 Å². The van der Waals surface area contributed by atoms with Gasteiger partial charge < -0.3 is 25.2 Å². The lowest BCUT2D eigenvalue weighted by atomic mass is 9.97. The summed E-state index contributed by atoms with van der Waals surface area (Å²) < 4.78 is 14.5. The van der Waals surface area contributed by atoms with Gasteiger partial charge in [0, 0.05) is 25.0 Å². The molecule has 1 fully saturated rings. The van der Waals surface area contributed by atoms with Crippen molar-refractivity contribution in [2.24, 2.45) is 5.92 Å². The first-order chi connectivity index (χ1) is 14.4. The highest BCUT2D eigenvalue weighted by atomic mass is 19.1. The first-order valence-corrected chi connectivity index (χ1v) is 9.88. The van der Waals surface area contributed by atoms with Gasteiger partial charge in [-0.25, -0.2) is 14.4 Å². The number of amides is 1. The Morgan fingerprint density at radius 3 is 2.93 bits per heavy atom. The Morgan fingerprint density at radius 2 is 2.17 bits per heavy atom. The minimum absolute atomic E-state index is 0.0330. The summed E-state index contributed by atoms with van der Waals surface area (Å²) in [7, 11) is 0. The number of nitrogens with zero attached hydrogens (tertiary/aromatic N) is 3. The number of anilines is 1. The third-order valence-electron chi connectivity index (χ3n) is 5.40. The molecule has 0 radical (unpaired) electrons. The summed E-state index contributed by atoms with van der Waals surface area (Å²) in [5.41, 5.74) is 1.63. The summed E-state index contributed by atoms with van der Waals surface area (Å²) in [5.74, 6) is 0.0622. The molecule has 1 aliphatic heterocycles. The molecule has 30 heavy (non-hydrogen) atoms. The van der Waals surface area contributed by atoms with E-state index in [9.17, 15) is 19.4 Å². The number of aryl methyl sites for hydroxylation is 1. The number of phenolic OH excluding ortho intramolecular Hbond substituents is 1. The number of halogens is 1. The van der Waals surface area contributed by atoms with Crippen molar-refractivity contribution in [2.75, 3.05) is 24.5 Å². The molecule has 1 saturated heterocycles. The van der Waals surface area contributed by atoms with Crippen LogP contribution >= 0.6 is 0 Å². The first kappa shape index (κ1) is 19.9. The molecule has 0 spiro atoms. The molecule has 1 aliphatic rings. The van der Waals surface area contributed by atoms with Gasteiger partial charge in [0.2, 0.25) is 0 Å². The van der Waals surface area contributed by atoms with Crippen LogP contribution < -0.4 is 15.3 Å². The van der Waals surface area contributed by atoms with Crippen LogP contribution in [0.25, 0.3) is 22.3 Å². The number of aromatic nitrogens is 2. The van der Waals surface area contributed by atoms with Crippen LogP contribution in [0.5, 0.6) is 5.75 Å². The predicted molar refractivity (Wildman–Crippen MR) is 110 cm³/mol. The summed E-state index contributed by atoms with van der Waals surface area (Å²) in [6.45, 7) is 3.60. The Morgan fingerprint density at radius 1 is 1.33 bits per heavy atom. The number of carbonyl (C=O) groups is 1. The maximum atomic E-state index is 14.5. The molecule has 8 heteroatoms. The van der Waals surface area contributed by atoms with Gasteiger partial charge in [-0.15, -0.1) is 0 Å². The standard InChI is InChI=1S/C22H23FN4O3/c1-13-7-8-15-17(10-13)25-20(19-16(23)5-2-6-18(19)28)26-21(15)27-9-3-4-14(12-27)11-24-22(29)30/h2,5-8,10,14,24,28H,3-4,9,11-12H2,1H3,(H,29,30)/p-1/t14-/m0/s1. The Bertz CT molecular complexity index is 1080. The highest BCUT2D eigenvalue weighted by Gasteiger charge is 2.24. The second-order valence-electron chi connectivity index (χ2n) is 7.65. The summed E-state index contributed by atoms with van der Waals surface area (Å²) in [4.78, 5) is 22.0. The molecule has 0 unspecified atom stereocenters. The quantitative estimate of drug-likeness (QED) is 0.687. The zero-order valence-corrected chi connectivity index (χ0v) is 16.6. The number of benzene rings is 2. The van der Waals surface area contributed by atoms with E-state index in [4.69, 9.17) is 0 Å². The number of carboxylic acid groups (broad SMARTS) is 1. The van der Waals surface area contributed by atoms with E-state index in [-0.39, 0.29) is 23.1 Å². The summed E-state index contributed by atoms with van der Waals surface area (Å²) in [6.07, 6.45) is 0.476. The molecule has 1 atom stereocenters. The molecule has 2 aromatic carbocycles. The molecule has 0 saturated carbocycles. The van der Waals surface area contributed by atoms with Crippen LogP contribution in [-0.2, 0) is 0 Å². The smallest absolute Gasteiger partial charge is 0.168 e. The van der Waals surface area contributed by atoms with Gasteiger partial charge >= 0.3 is 0 Å². The van der Waals surface area contributed by atoms with Crippen LogP contribution in [0.4, 0.5) is 15.0 Å². The van der Waals surface area contributed by atoms with Gasteiger partial charge in [-0.05, 0) is 55.5 Å². The number of hydrogen-bond acceptors (Lipinski definition) is 6. The normalized spacial score (nSPS) is 16.6. The number of carbonyl (C=O) groups excluding carboxylic acids is 1. The second-order valence-corrected chi connectivity index (χ2v) is 7.65. The third kappa shape index (κ3) is 3.98. The van der Waals surface area contributed by atoms with E-state index in [2.05, 4.69) is 20.2 Å². The number of nitrogens with one attached hydrogen (secondary N) is 1. The fourth-order valence-corrected chi connectivity index (χ4v) is 3.96. The van der Waals surface area contributed by atoms with Crippen molar-refractivity contribution >= 4 is 22.8 Å². The molecule has 7 nitrogen and oxygen atoms in total. The fraction of sp³-hybridized carbons (Fsp3) is 0.318. The maximum absolute atomic E-state index is 14.5. The van der Waals surface area contributed by atoms with E-state index in [1.807, 2.05) is 25.1 Å². The largest absolute Gasteiger partial charge is 0.530 e. The number of hydrogen-bond donors (Lipinski definition) is 2. The second kappa shape index (κ2) is 8.14. The Labute approximate surface area is 173 Å². The molecular weight excluding hydrogens is 387 g/mol. The van der Waals surface area contributed by atoms with E-state index < -0.39 is 11.9 Å². The number of piperidine rings is 1. The third-order valence-corrected chi connectivity index (χ3v) is 5.40. The molecule has 0 bridgehead atoms. The van der Waals surface area contributed by atoms with E-state index >= 15 is 0 Å². The molecular formula is C22H22FN4O3-. The minimum atomic E-state index is -1.28. The molecule has 3 aromatic rings. The van der Waals surface area contributed by atoms with E-state index in [0.29, 0.717) is 24.4 Å². The van der Waals surface area contributed by atoms with Crippen LogP contribution in [0.1, 0.15) is 18.4 Å². The summed E-state index contributed by atoms with van der Waals surface area (Å²) >= 11 is 0. The van der Waals surface area contributed by atoms with Gasteiger partial charge in [-0.1, -0.05) is 12.1 Å². The van der Waals surface area contributed by atoms with E-state index in [0.717, 1.165) is 30.3 Å². The topological polar surface area (TPSA) is 101 Å². The maximum Gasteiger partial charge on any atom is 0.168 e. The molecule has 156 valence electrons. The van der Waals surface area contributed by atoms with Crippen LogP contribution in [0.2, 0.25) is 0 Å². The van der Waals surface area contributed by atoms with Crippen LogP contribution in [0, 0.1) is 18.7 Å². The van der Waals surface area contributed by atoms with E-state index in [1.165, 1.54) is 18.2 Å². The number of fused-ring (bicyclic) bond motifs is 1. The number of rotatable bonds is 4. The average Bonchev–Trinajstić information content (AvgIpc) is 2.71. The fourth-order valence-electron chi connectivity index (χ4n) is 3.96. The van der Waals surface area contributed by atoms with Crippen molar-refractivity contribution in [3.05, 3.63) is 47.8 Å². The van der Waals surface area contributed by atoms with Gasteiger partial charge in [0.1, 0.15) is 23.5 Å². The SMILES string of the molecule is Cc1ccc2c(N3CCC[C@@H](CNC(=O)[O-])C3)nc(-c3c(O)cccc3F)nc2c1. The van der Waals surface area contributed by atoms with Crippen molar-refractivity contribution < 1.29 is 19.4 Å². The number of aromatic hydroxyl groups is 1. The van der Waals surface area contributed by atoms with Gasteiger partial charge in [-0.2, -0.15) is 0 Å². The zero-order valence-electron chi connectivity index (χ0n) is 16.6. The van der Waals surface area contributed by atoms with Crippen molar-refractivity contribution in [1.82, 2.24) is 15.3 Å². The lowest BCUT2D eigenvalue weighted by Crippen LogP contribution is -2.44. The lowest BCUT2D eigenvalue weighted by Gasteiger charge is -2.34. The average molecular weight is 409 g/mol. The van der Waals surface area contributed by atoms with Crippen LogP contribution in [-0.4, -0.2) is 40.8 Å². The Kier molecular flexibility index (Phi) is 5.39. The lowest BCUT2D eigenvalue weighted by molar-refractivity contribution is -0.250. The van der Waals surface area contributed by atoms with Crippen LogP contribution in [0.15, 0.2) is 36.4 Å². The molecule has 2 N–H and O–H groups in total. The number of phenols is 1. The molecule has 1 aromatic heterocycles.